The van der Waals surface area contributed by atoms with E-state index in [4.69, 9.17) is 14.9 Å². The van der Waals surface area contributed by atoms with Crippen LogP contribution in [-0.4, -0.2) is 47.8 Å². The molecule has 14 heteroatoms. The minimum Gasteiger partial charge on any atom is -0.508 e. The molecule has 5 aromatic carbocycles. The van der Waals surface area contributed by atoms with E-state index >= 15 is 0 Å². The molecule has 2 amide bonds. The first kappa shape index (κ1) is 52.5. The van der Waals surface area contributed by atoms with Crippen molar-refractivity contribution in [2.75, 3.05) is 13.2 Å². The second-order valence-electron chi connectivity index (χ2n) is 11.3. The monoisotopic (exact) mass is 934 g/mol. The minimum absolute atomic E-state index is 0. The number of halogens is 4. The molecule has 2 N–H and O–H groups in total. The van der Waals surface area contributed by atoms with Gasteiger partial charge in [-0.25, -0.2) is 18.4 Å². The van der Waals surface area contributed by atoms with Crippen LogP contribution in [0.15, 0.2) is 147 Å². The highest BCUT2D eigenvalue weighted by Crippen LogP contribution is 2.32. The molecular formula is C43H51Br2F2N2O7P. The van der Waals surface area contributed by atoms with Crippen molar-refractivity contribution in [1.82, 2.24) is 0 Å². The van der Waals surface area contributed by atoms with Gasteiger partial charge in [-0.15, -0.1) is 0 Å². The fourth-order valence-corrected chi connectivity index (χ4v) is 6.73. The lowest BCUT2D eigenvalue weighted by Gasteiger charge is -2.18. The largest absolute Gasteiger partial charge is 0.508 e. The van der Waals surface area contributed by atoms with Gasteiger partial charge < -0.3 is 24.4 Å². The zero-order valence-electron chi connectivity index (χ0n) is 32.0. The summed E-state index contributed by atoms with van der Waals surface area (Å²) in [5, 5.41) is 26.5. The van der Waals surface area contributed by atoms with E-state index in [-0.39, 0.29) is 37.8 Å². The highest BCUT2D eigenvalue weighted by Gasteiger charge is 2.15. The van der Waals surface area contributed by atoms with E-state index in [0.29, 0.717) is 21.3 Å². The number of nitrogens with zero attached hydrogens (tertiary/aromatic N) is 2. The van der Waals surface area contributed by atoms with E-state index in [1.165, 1.54) is 34.1 Å². The van der Waals surface area contributed by atoms with E-state index < -0.39 is 25.9 Å². The Morgan fingerprint density at radius 2 is 1.00 bits per heavy atom. The number of aliphatic hydroxyl groups is 1. The van der Waals surface area contributed by atoms with Gasteiger partial charge in [0.15, 0.2) is 0 Å². The Hall–Kier alpha value is -4.55. The van der Waals surface area contributed by atoms with Gasteiger partial charge in [-0.05, 0) is 122 Å². The molecule has 57 heavy (non-hydrogen) atoms. The lowest BCUT2D eigenvalue weighted by Crippen LogP contribution is -2.20. The summed E-state index contributed by atoms with van der Waals surface area (Å²) in [5.41, 5.74) is 0. The number of ether oxygens (including phenoxy) is 3. The molecule has 0 radical (unpaired) electrons. The summed E-state index contributed by atoms with van der Waals surface area (Å²) in [7, 11) is -0.446. The first-order valence-corrected chi connectivity index (χ1v) is 20.3. The number of rotatable bonds is 7. The number of aromatic hydroxyl groups is 1. The van der Waals surface area contributed by atoms with Gasteiger partial charge in [-0.3, -0.25) is 0 Å². The van der Waals surface area contributed by atoms with Crippen molar-refractivity contribution in [1.29, 1.82) is 0 Å². The smallest absolute Gasteiger partial charge is 0.452 e. The molecule has 5 rings (SSSR count). The number of phenolic OH excluding ortho intramolecular Hbond substituents is 1. The number of hydrogen-bond acceptors (Lipinski definition) is 7. The zero-order chi connectivity index (χ0) is 41.9. The van der Waals surface area contributed by atoms with Gasteiger partial charge >= 0.3 is 12.2 Å². The predicted octanol–water partition coefficient (Wildman–Crippen LogP) is 11.9. The van der Waals surface area contributed by atoms with E-state index in [2.05, 4.69) is 143 Å². The molecule has 0 aromatic heterocycles. The fourth-order valence-electron chi connectivity index (χ4n) is 3.93. The Morgan fingerprint density at radius 3 is 1.30 bits per heavy atom. The van der Waals surface area contributed by atoms with Gasteiger partial charge in [-0.2, -0.15) is 0 Å². The van der Waals surface area contributed by atoms with Crippen LogP contribution in [0.25, 0.3) is 0 Å². The molecule has 308 valence electrons. The maximum absolute atomic E-state index is 12.8. The third-order valence-corrected chi connectivity index (χ3v) is 9.76. The third kappa shape index (κ3) is 23.3. The fraction of sp³-hybridized carbons (Fsp3) is 0.256. The summed E-state index contributed by atoms with van der Waals surface area (Å²) in [6, 6.07) is 40.9. The van der Waals surface area contributed by atoms with Crippen molar-refractivity contribution in [3.8, 4) is 11.5 Å². The van der Waals surface area contributed by atoms with Gasteiger partial charge in [-0.1, -0.05) is 109 Å². The van der Waals surface area contributed by atoms with Crippen molar-refractivity contribution in [3.05, 3.63) is 148 Å². The number of carbonyl (C=O) groups is 2. The standard InChI is InChI=1S/C18H15P.C8H8BrFO.C8H14N2O4.C6H4BrFO.C2H6O.CH4/c1-4-10-16(11-5-1)19(17-12-6-2-7-13-17)18-14-8-3-9-15-18;1-2-11-6-3-4-7(9)8(10)5-6;1-5(2)13-7(11)9-10-8(12)14-6(3)4;7-5-2-1-4(9)3-6(5)8;1-2-3;/h1-15H;3-5H,2H2,1H3;5-6H,1-4H3;1-3,9H;3H,2H2,1H3;1H4. The Bertz CT molecular complexity index is 1760. The van der Waals surface area contributed by atoms with Crippen LogP contribution in [0.3, 0.4) is 0 Å². The van der Waals surface area contributed by atoms with Crippen LogP contribution >= 0.6 is 39.8 Å². The maximum Gasteiger partial charge on any atom is 0.452 e. The quantitative estimate of drug-likeness (QED) is 0.123. The van der Waals surface area contributed by atoms with E-state index in [1.54, 1.807) is 46.8 Å². The molecule has 0 fully saturated rings. The SMILES string of the molecule is C.CC(C)OC(=O)N=NC(=O)OC(C)C.CCO.CCOc1ccc(Br)c(F)c1.Oc1ccc(Br)c(F)c1.c1ccc(P(c2ccccc2)c2ccccc2)cc1. The molecular weight excluding hydrogens is 885 g/mol. The van der Waals surface area contributed by atoms with Gasteiger partial charge in [0.2, 0.25) is 0 Å². The summed E-state index contributed by atoms with van der Waals surface area (Å²) >= 11 is 5.99. The summed E-state index contributed by atoms with van der Waals surface area (Å²) in [6.45, 7) is 11.0. The van der Waals surface area contributed by atoms with Crippen molar-refractivity contribution < 1.29 is 42.8 Å². The number of aliphatic hydroxyl groups excluding tert-OH is 1. The van der Waals surface area contributed by atoms with Crippen LogP contribution in [0.1, 0.15) is 49.0 Å². The zero-order valence-corrected chi connectivity index (χ0v) is 36.0. The van der Waals surface area contributed by atoms with Gasteiger partial charge in [0.1, 0.15) is 23.1 Å². The Kier molecular flexibility index (Phi) is 28.1. The molecule has 0 aliphatic carbocycles. The van der Waals surface area contributed by atoms with Crippen molar-refractivity contribution >= 4 is 67.9 Å². The summed E-state index contributed by atoms with van der Waals surface area (Å²) in [4.78, 5) is 21.5. The normalized spacial score (nSPS) is 9.93. The molecule has 5 aromatic rings. The van der Waals surface area contributed by atoms with E-state index in [9.17, 15) is 18.4 Å². The van der Waals surface area contributed by atoms with E-state index in [0.717, 1.165) is 6.07 Å². The van der Waals surface area contributed by atoms with Crippen LogP contribution in [0, 0.1) is 11.6 Å². The third-order valence-electron chi connectivity index (χ3n) is 6.03. The van der Waals surface area contributed by atoms with Crippen molar-refractivity contribution in [2.24, 2.45) is 10.2 Å². The molecule has 9 nitrogen and oxygen atoms in total. The van der Waals surface area contributed by atoms with Crippen LogP contribution in [0.4, 0.5) is 18.4 Å². The maximum atomic E-state index is 12.8. The first-order chi connectivity index (χ1) is 26.7. The van der Waals surface area contributed by atoms with Gasteiger partial charge in [0, 0.05) is 18.7 Å². The number of azo groups is 1. The second-order valence-corrected chi connectivity index (χ2v) is 15.3. The lowest BCUT2D eigenvalue weighted by atomic mass is 10.3. The van der Waals surface area contributed by atoms with Crippen molar-refractivity contribution in [3.63, 3.8) is 0 Å². The molecule has 0 aliphatic rings. The number of amides is 2. The summed E-state index contributed by atoms with van der Waals surface area (Å²) in [5.74, 6) is -0.241. The second kappa shape index (κ2) is 30.6. The molecule has 0 saturated heterocycles. The molecule has 0 atom stereocenters. The number of carbonyl (C=O) groups excluding carboxylic acids is 2. The van der Waals surface area contributed by atoms with Crippen LogP contribution in [-0.2, 0) is 9.47 Å². The highest BCUT2D eigenvalue weighted by molar-refractivity contribution is 9.10. The Labute approximate surface area is 353 Å². The molecule has 0 aliphatic heterocycles. The lowest BCUT2D eigenvalue weighted by molar-refractivity contribution is 0.115. The summed E-state index contributed by atoms with van der Waals surface area (Å²) < 4.78 is 40.2. The van der Waals surface area contributed by atoms with Crippen LogP contribution in [0.5, 0.6) is 11.5 Å². The van der Waals surface area contributed by atoms with E-state index in [1.807, 2.05) is 6.92 Å². The number of phenols is 1. The minimum atomic E-state index is -0.902. The molecule has 0 bridgehead atoms. The number of hydrogen-bond donors (Lipinski definition) is 2. The summed E-state index contributed by atoms with van der Waals surface area (Å²) in [6.07, 6.45) is -2.38. The molecule has 0 spiro atoms. The van der Waals surface area contributed by atoms with Gasteiger partial charge in [0.25, 0.3) is 0 Å². The molecule has 0 unspecified atom stereocenters. The Morgan fingerprint density at radius 1 is 0.649 bits per heavy atom. The average molecular weight is 937 g/mol. The number of benzene rings is 5. The average Bonchev–Trinajstić information content (AvgIpc) is 3.16. The molecule has 0 heterocycles. The van der Waals surface area contributed by atoms with Crippen molar-refractivity contribution in [2.45, 2.75) is 61.2 Å². The highest BCUT2D eigenvalue weighted by atomic mass is 79.9. The topological polar surface area (TPSA) is 127 Å². The van der Waals surface area contributed by atoms with Gasteiger partial charge in [0.05, 0.1) is 27.8 Å². The van der Waals surface area contributed by atoms with Crippen LogP contribution in [0.2, 0.25) is 0 Å². The predicted molar refractivity (Wildman–Crippen MR) is 234 cm³/mol. The first-order valence-electron chi connectivity index (χ1n) is 17.3. The van der Waals surface area contributed by atoms with Crippen LogP contribution < -0.4 is 20.7 Å². The Balaban J connectivity index is 0.000000738. The molecule has 0 saturated carbocycles.